The first-order valence-corrected chi connectivity index (χ1v) is 9.63. The highest BCUT2D eigenvalue weighted by molar-refractivity contribution is 5.98. The molecule has 1 N–H and O–H groups in total. The molecule has 2 aliphatic rings. The van der Waals surface area contributed by atoms with Gasteiger partial charge < -0.3 is 9.14 Å². The van der Waals surface area contributed by atoms with E-state index in [0.29, 0.717) is 5.69 Å². The fraction of sp³-hybridized carbons (Fsp3) is 0.579. The molecule has 0 aliphatic carbocycles. The van der Waals surface area contributed by atoms with E-state index in [0.717, 1.165) is 76.5 Å². The van der Waals surface area contributed by atoms with Gasteiger partial charge in [-0.2, -0.15) is 0 Å². The number of hydrogen-bond donors (Lipinski definition) is 1. The highest BCUT2D eigenvalue weighted by Gasteiger charge is 2.21. The minimum absolute atomic E-state index is 0.103. The van der Waals surface area contributed by atoms with Gasteiger partial charge in [0.2, 0.25) is 0 Å². The van der Waals surface area contributed by atoms with Gasteiger partial charge in [-0.15, -0.1) is 0 Å². The first kappa shape index (κ1) is 17.5. The number of amides is 1. The highest BCUT2D eigenvalue weighted by atomic mass is 16.5. The zero-order valence-corrected chi connectivity index (χ0v) is 15.2. The quantitative estimate of drug-likeness (QED) is 0.875. The Morgan fingerprint density at radius 3 is 2.73 bits per heavy atom. The number of fused-ring (bicyclic) bond motifs is 1. The highest BCUT2D eigenvalue weighted by Crippen LogP contribution is 2.15. The molecule has 0 spiro atoms. The Bertz CT molecular complexity index is 747. The third kappa shape index (κ3) is 3.90. The van der Waals surface area contributed by atoms with Crippen molar-refractivity contribution in [1.82, 2.24) is 24.7 Å². The van der Waals surface area contributed by atoms with Gasteiger partial charge in [-0.1, -0.05) is 12.5 Å². The number of nitrogens with one attached hydrogen (secondary N) is 1. The van der Waals surface area contributed by atoms with Crippen LogP contribution in [0, 0.1) is 0 Å². The first-order valence-electron chi connectivity index (χ1n) is 9.63. The lowest BCUT2D eigenvalue weighted by molar-refractivity contribution is 0.0382. The van der Waals surface area contributed by atoms with Crippen LogP contribution in [0.3, 0.4) is 0 Å². The van der Waals surface area contributed by atoms with Crippen molar-refractivity contribution in [1.29, 1.82) is 0 Å². The molecular formula is C19H27N5O2. The molecule has 2 aromatic rings. The molecule has 0 atom stereocenters. The second kappa shape index (κ2) is 8.16. The summed E-state index contributed by atoms with van der Waals surface area (Å²) in [6, 6.07) is 5.91. The summed E-state index contributed by atoms with van der Waals surface area (Å²) in [4.78, 5) is 19.9. The van der Waals surface area contributed by atoms with Crippen LogP contribution in [0.5, 0.6) is 0 Å². The summed E-state index contributed by atoms with van der Waals surface area (Å²) < 4.78 is 7.46. The molecule has 4 rings (SSSR count). The Morgan fingerprint density at radius 2 is 1.92 bits per heavy atom. The number of hydrazine groups is 1. The lowest BCUT2D eigenvalue weighted by Gasteiger charge is -2.26. The number of nitrogens with zero attached hydrogens (tertiary/aromatic N) is 4. The maximum absolute atomic E-state index is 12.8. The normalized spacial score (nSPS) is 19.7. The number of carbonyl (C=O) groups excluding carboxylic acids is 1. The molecule has 7 heteroatoms. The number of imidazole rings is 1. The number of carbonyl (C=O) groups is 1. The molecule has 1 amide bonds. The second-order valence-corrected chi connectivity index (χ2v) is 7.03. The molecule has 0 radical (unpaired) electrons. The van der Waals surface area contributed by atoms with Crippen molar-refractivity contribution in [3.63, 3.8) is 0 Å². The SMILES string of the molecule is O=C(NN1CCCCC1)c1nc(CCN2CCOCC2)n2ccccc12. The zero-order chi connectivity index (χ0) is 17.8. The molecule has 4 heterocycles. The fourth-order valence-corrected chi connectivity index (χ4v) is 3.73. The topological polar surface area (TPSA) is 62.1 Å². The van der Waals surface area contributed by atoms with Crippen LogP contribution < -0.4 is 5.43 Å². The van der Waals surface area contributed by atoms with Crippen LogP contribution in [0.4, 0.5) is 0 Å². The van der Waals surface area contributed by atoms with Gasteiger partial charge in [0.05, 0.1) is 18.7 Å². The Hall–Kier alpha value is -1.96. The van der Waals surface area contributed by atoms with Crippen LogP contribution in [0.2, 0.25) is 0 Å². The monoisotopic (exact) mass is 357 g/mol. The second-order valence-electron chi connectivity index (χ2n) is 7.03. The minimum atomic E-state index is -0.103. The molecule has 0 bridgehead atoms. The van der Waals surface area contributed by atoms with Crippen molar-refractivity contribution in [2.24, 2.45) is 0 Å². The van der Waals surface area contributed by atoms with Crippen molar-refractivity contribution in [3.05, 3.63) is 35.9 Å². The number of rotatable bonds is 5. The van der Waals surface area contributed by atoms with Gasteiger partial charge in [0, 0.05) is 45.3 Å². The van der Waals surface area contributed by atoms with Gasteiger partial charge in [-0.25, -0.2) is 9.99 Å². The van der Waals surface area contributed by atoms with Crippen LogP contribution >= 0.6 is 0 Å². The minimum Gasteiger partial charge on any atom is -0.379 e. The number of hydrogen-bond acceptors (Lipinski definition) is 5. The Kier molecular flexibility index (Phi) is 5.48. The first-order chi connectivity index (χ1) is 12.8. The van der Waals surface area contributed by atoms with E-state index < -0.39 is 0 Å². The third-order valence-electron chi connectivity index (χ3n) is 5.21. The molecule has 0 unspecified atom stereocenters. The van der Waals surface area contributed by atoms with E-state index in [9.17, 15) is 4.79 Å². The average Bonchev–Trinajstić information content (AvgIpc) is 3.07. The lowest BCUT2D eigenvalue weighted by Crippen LogP contribution is -2.45. The number of morpholine rings is 1. The molecular weight excluding hydrogens is 330 g/mol. The molecule has 2 aliphatic heterocycles. The van der Waals surface area contributed by atoms with E-state index in [2.05, 4.69) is 10.3 Å². The number of aromatic nitrogens is 2. The lowest BCUT2D eigenvalue weighted by atomic mass is 10.2. The van der Waals surface area contributed by atoms with Gasteiger partial charge >= 0.3 is 0 Å². The van der Waals surface area contributed by atoms with Gasteiger partial charge in [0.25, 0.3) is 5.91 Å². The molecule has 0 aromatic carbocycles. The molecule has 2 aromatic heterocycles. The molecule has 26 heavy (non-hydrogen) atoms. The van der Waals surface area contributed by atoms with E-state index in [-0.39, 0.29) is 5.91 Å². The number of piperidine rings is 1. The summed E-state index contributed by atoms with van der Waals surface area (Å²) in [5.74, 6) is 0.837. The number of ether oxygens (including phenoxy) is 1. The Labute approximate surface area is 153 Å². The fourth-order valence-electron chi connectivity index (χ4n) is 3.73. The van der Waals surface area contributed by atoms with E-state index in [1.165, 1.54) is 6.42 Å². The van der Waals surface area contributed by atoms with Crippen LogP contribution in [0.15, 0.2) is 24.4 Å². The van der Waals surface area contributed by atoms with Gasteiger partial charge in [-0.3, -0.25) is 15.1 Å². The Morgan fingerprint density at radius 1 is 1.12 bits per heavy atom. The maximum atomic E-state index is 12.8. The van der Waals surface area contributed by atoms with Crippen LogP contribution in [-0.2, 0) is 11.2 Å². The van der Waals surface area contributed by atoms with Gasteiger partial charge in [0.1, 0.15) is 5.82 Å². The zero-order valence-electron chi connectivity index (χ0n) is 15.2. The standard InChI is InChI=1S/C19H27N5O2/c25-19(21-23-8-3-1-4-9-23)18-16-6-2-5-10-24(16)17(20-18)7-11-22-12-14-26-15-13-22/h2,5-6,10H,1,3-4,7-9,11-15H2,(H,21,25). The Balaban J connectivity index is 1.50. The largest absolute Gasteiger partial charge is 0.379 e. The number of pyridine rings is 1. The van der Waals surface area contributed by atoms with Crippen LogP contribution in [0.1, 0.15) is 35.6 Å². The van der Waals surface area contributed by atoms with Crippen LogP contribution in [0.25, 0.3) is 5.52 Å². The molecule has 2 fully saturated rings. The molecule has 2 saturated heterocycles. The maximum Gasteiger partial charge on any atom is 0.286 e. The van der Waals surface area contributed by atoms with Crippen molar-refractivity contribution >= 4 is 11.4 Å². The summed E-state index contributed by atoms with van der Waals surface area (Å²) in [7, 11) is 0. The molecule has 7 nitrogen and oxygen atoms in total. The van der Waals surface area contributed by atoms with E-state index >= 15 is 0 Å². The van der Waals surface area contributed by atoms with Gasteiger partial charge in [0.15, 0.2) is 5.69 Å². The molecule has 140 valence electrons. The predicted octanol–water partition coefficient (Wildman–Crippen LogP) is 1.34. The summed E-state index contributed by atoms with van der Waals surface area (Å²) >= 11 is 0. The van der Waals surface area contributed by atoms with E-state index in [1.807, 2.05) is 33.8 Å². The van der Waals surface area contributed by atoms with Crippen LogP contribution in [-0.4, -0.2) is 71.1 Å². The van der Waals surface area contributed by atoms with Crippen molar-refractivity contribution in [3.8, 4) is 0 Å². The summed E-state index contributed by atoms with van der Waals surface area (Å²) in [6.07, 6.45) is 6.33. The van der Waals surface area contributed by atoms with Crippen molar-refractivity contribution in [2.45, 2.75) is 25.7 Å². The van der Waals surface area contributed by atoms with E-state index in [1.54, 1.807) is 0 Å². The average molecular weight is 357 g/mol. The smallest absolute Gasteiger partial charge is 0.286 e. The summed E-state index contributed by atoms with van der Waals surface area (Å²) in [5.41, 5.74) is 4.43. The predicted molar refractivity (Wildman–Crippen MR) is 99.0 cm³/mol. The summed E-state index contributed by atoms with van der Waals surface area (Å²) in [5, 5.41) is 2.02. The van der Waals surface area contributed by atoms with Gasteiger partial charge in [-0.05, 0) is 25.0 Å². The van der Waals surface area contributed by atoms with Crippen molar-refractivity contribution in [2.75, 3.05) is 45.9 Å². The van der Waals surface area contributed by atoms with Crippen molar-refractivity contribution < 1.29 is 9.53 Å². The van der Waals surface area contributed by atoms with E-state index in [4.69, 9.17) is 9.72 Å². The third-order valence-corrected chi connectivity index (χ3v) is 5.21. The summed E-state index contributed by atoms with van der Waals surface area (Å²) in [6.45, 7) is 6.29. The molecule has 0 saturated carbocycles.